The number of fused-ring (bicyclic) bond motifs is 1. The van der Waals surface area contributed by atoms with Crippen molar-refractivity contribution < 1.29 is 13.6 Å². The van der Waals surface area contributed by atoms with Crippen molar-refractivity contribution in [3.05, 3.63) is 83.7 Å². The van der Waals surface area contributed by atoms with Crippen molar-refractivity contribution in [2.24, 2.45) is 0 Å². The zero-order valence-electron chi connectivity index (χ0n) is 13.9. The number of oxazole rings is 1. The molecule has 4 rings (SSSR count). The van der Waals surface area contributed by atoms with Crippen molar-refractivity contribution >= 4 is 22.7 Å². The summed E-state index contributed by atoms with van der Waals surface area (Å²) in [5, 5.41) is 11.4. The van der Waals surface area contributed by atoms with Crippen LogP contribution in [0.15, 0.2) is 71.1 Å². The molecule has 0 fully saturated rings. The summed E-state index contributed by atoms with van der Waals surface area (Å²) in [5.74, 6) is -0.926. The number of rotatable bonds is 3. The number of carbonyl (C=O) groups is 1. The number of benzene rings is 3. The van der Waals surface area contributed by atoms with E-state index in [2.05, 4.69) is 10.3 Å². The molecule has 4 aromatic rings. The Labute approximate surface area is 153 Å². The summed E-state index contributed by atoms with van der Waals surface area (Å²) < 4.78 is 19.7. The lowest BCUT2D eigenvalue weighted by molar-refractivity contribution is 0.102. The summed E-state index contributed by atoms with van der Waals surface area (Å²) >= 11 is 0. The Hall–Kier alpha value is -3.98. The smallest absolute Gasteiger partial charge is 0.258 e. The summed E-state index contributed by atoms with van der Waals surface area (Å²) in [6.07, 6.45) is 0. The molecule has 5 nitrogen and oxygen atoms in total. The maximum atomic E-state index is 14.0. The molecule has 0 saturated carbocycles. The van der Waals surface area contributed by atoms with Gasteiger partial charge >= 0.3 is 0 Å². The van der Waals surface area contributed by atoms with Gasteiger partial charge in [0.1, 0.15) is 11.3 Å². The second kappa shape index (κ2) is 6.73. The number of anilines is 1. The quantitative estimate of drug-likeness (QED) is 0.573. The van der Waals surface area contributed by atoms with Gasteiger partial charge in [-0.2, -0.15) is 5.26 Å². The van der Waals surface area contributed by atoms with Crippen LogP contribution in [-0.4, -0.2) is 10.9 Å². The highest BCUT2D eigenvalue weighted by molar-refractivity contribution is 6.04. The van der Waals surface area contributed by atoms with Gasteiger partial charge in [0.2, 0.25) is 5.89 Å². The lowest BCUT2D eigenvalue weighted by Crippen LogP contribution is -2.13. The van der Waals surface area contributed by atoms with Crippen LogP contribution in [0.25, 0.3) is 22.6 Å². The van der Waals surface area contributed by atoms with E-state index in [9.17, 15) is 9.18 Å². The van der Waals surface area contributed by atoms with Crippen molar-refractivity contribution in [3.63, 3.8) is 0 Å². The topological polar surface area (TPSA) is 78.9 Å². The maximum Gasteiger partial charge on any atom is 0.258 e. The van der Waals surface area contributed by atoms with Crippen LogP contribution in [0.3, 0.4) is 0 Å². The van der Waals surface area contributed by atoms with E-state index in [1.165, 1.54) is 12.1 Å². The zero-order valence-corrected chi connectivity index (χ0v) is 13.9. The Balaban J connectivity index is 1.61. The highest BCUT2D eigenvalue weighted by Crippen LogP contribution is 2.26. The molecule has 0 saturated heterocycles. The van der Waals surface area contributed by atoms with E-state index in [1.807, 2.05) is 36.4 Å². The van der Waals surface area contributed by atoms with Gasteiger partial charge in [-0.05, 0) is 48.5 Å². The van der Waals surface area contributed by atoms with Crippen LogP contribution in [0.2, 0.25) is 0 Å². The van der Waals surface area contributed by atoms with Gasteiger partial charge in [-0.25, -0.2) is 9.37 Å². The number of hydrogen-bond donors (Lipinski definition) is 1. The minimum Gasteiger partial charge on any atom is -0.436 e. The molecule has 0 aliphatic rings. The van der Waals surface area contributed by atoms with Gasteiger partial charge in [-0.15, -0.1) is 0 Å². The first-order valence-electron chi connectivity index (χ1n) is 8.11. The van der Waals surface area contributed by atoms with E-state index in [0.717, 1.165) is 11.6 Å². The Morgan fingerprint density at radius 3 is 2.70 bits per heavy atom. The molecule has 3 aromatic carbocycles. The van der Waals surface area contributed by atoms with Gasteiger partial charge in [0.25, 0.3) is 5.91 Å². The van der Waals surface area contributed by atoms with Crippen molar-refractivity contribution in [2.45, 2.75) is 0 Å². The van der Waals surface area contributed by atoms with Crippen molar-refractivity contribution in [1.29, 1.82) is 5.26 Å². The first kappa shape index (κ1) is 16.5. The molecule has 0 aliphatic heterocycles. The van der Waals surface area contributed by atoms with Crippen LogP contribution in [0.1, 0.15) is 15.9 Å². The number of carbonyl (C=O) groups excluding carboxylic acids is 1. The fraction of sp³-hybridized carbons (Fsp3) is 0. The van der Waals surface area contributed by atoms with Gasteiger partial charge in [-0.1, -0.05) is 18.2 Å². The van der Waals surface area contributed by atoms with Crippen LogP contribution in [0.4, 0.5) is 10.1 Å². The predicted molar refractivity (Wildman–Crippen MR) is 98.5 cm³/mol. The van der Waals surface area contributed by atoms with Crippen molar-refractivity contribution in [3.8, 4) is 17.5 Å². The molecule has 1 aromatic heterocycles. The largest absolute Gasteiger partial charge is 0.436 e. The Bertz CT molecular complexity index is 1170. The summed E-state index contributed by atoms with van der Waals surface area (Å²) in [6, 6.07) is 19.9. The van der Waals surface area contributed by atoms with Crippen LogP contribution < -0.4 is 5.32 Å². The summed E-state index contributed by atoms with van der Waals surface area (Å²) in [7, 11) is 0. The molecule has 0 aliphatic carbocycles. The minimum atomic E-state index is -0.748. The Morgan fingerprint density at radius 1 is 1.07 bits per heavy atom. The molecule has 1 heterocycles. The number of amides is 1. The number of nitriles is 1. The normalized spacial score (nSPS) is 10.5. The van der Waals surface area contributed by atoms with E-state index in [0.29, 0.717) is 22.7 Å². The van der Waals surface area contributed by atoms with Crippen LogP contribution in [0.5, 0.6) is 0 Å². The lowest BCUT2D eigenvalue weighted by atomic mass is 10.1. The van der Waals surface area contributed by atoms with Gasteiger partial charge in [-0.3, -0.25) is 4.79 Å². The second-order valence-electron chi connectivity index (χ2n) is 5.83. The first-order valence-corrected chi connectivity index (χ1v) is 8.11. The third kappa shape index (κ3) is 3.26. The second-order valence-corrected chi connectivity index (χ2v) is 5.83. The number of para-hydroxylation sites is 2. The van der Waals surface area contributed by atoms with Crippen LogP contribution in [0, 0.1) is 17.1 Å². The fourth-order valence-electron chi connectivity index (χ4n) is 2.69. The molecule has 0 atom stereocenters. The molecule has 1 N–H and O–H groups in total. The zero-order chi connectivity index (χ0) is 18.8. The average Bonchev–Trinajstić information content (AvgIpc) is 3.12. The molecule has 0 spiro atoms. The lowest BCUT2D eigenvalue weighted by Gasteiger charge is -2.07. The Morgan fingerprint density at radius 2 is 1.93 bits per heavy atom. The van der Waals surface area contributed by atoms with E-state index in [4.69, 9.17) is 9.68 Å². The predicted octanol–water partition coefficient (Wildman–Crippen LogP) is 4.76. The van der Waals surface area contributed by atoms with Crippen molar-refractivity contribution in [1.82, 2.24) is 4.98 Å². The number of halogens is 1. The first-order chi connectivity index (χ1) is 13.1. The fourth-order valence-corrected chi connectivity index (χ4v) is 2.69. The third-order valence-electron chi connectivity index (χ3n) is 4.00. The molecule has 27 heavy (non-hydrogen) atoms. The van der Waals surface area contributed by atoms with Gasteiger partial charge < -0.3 is 9.73 Å². The molecule has 6 heteroatoms. The maximum absolute atomic E-state index is 14.0. The highest BCUT2D eigenvalue weighted by atomic mass is 19.1. The summed E-state index contributed by atoms with van der Waals surface area (Å²) in [4.78, 5) is 16.8. The summed E-state index contributed by atoms with van der Waals surface area (Å²) in [6.45, 7) is 0. The molecule has 1 amide bonds. The van der Waals surface area contributed by atoms with E-state index in [1.54, 1.807) is 18.2 Å². The highest BCUT2D eigenvalue weighted by Gasteiger charge is 2.14. The monoisotopic (exact) mass is 357 g/mol. The van der Waals surface area contributed by atoms with E-state index in [-0.39, 0.29) is 11.1 Å². The molecule has 0 bridgehead atoms. The third-order valence-corrected chi connectivity index (χ3v) is 4.00. The van der Waals surface area contributed by atoms with Crippen LogP contribution in [-0.2, 0) is 0 Å². The number of nitrogens with one attached hydrogen (secondary N) is 1. The SMILES string of the molecule is N#Cc1ccc(C(=O)Nc2cccc(-c3nc4ccccc4o3)c2)c(F)c1. The standard InChI is InChI=1S/C21H12FN3O2/c22-17-10-13(12-23)8-9-16(17)20(26)24-15-5-3-4-14(11-15)21-25-18-6-1-2-7-19(18)27-21/h1-11H,(H,24,26). The Kier molecular flexibility index (Phi) is 4.11. The molecular formula is C21H12FN3O2. The molecule has 0 unspecified atom stereocenters. The molecule has 130 valence electrons. The van der Waals surface area contributed by atoms with E-state index < -0.39 is 11.7 Å². The molecular weight excluding hydrogens is 345 g/mol. The van der Waals surface area contributed by atoms with Gasteiger partial charge in [0.15, 0.2) is 5.58 Å². The van der Waals surface area contributed by atoms with Gasteiger partial charge in [0.05, 0.1) is 17.2 Å². The number of nitrogens with zero attached hydrogens (tertiary/aromatic N) is 2. The van der Waals surface area contributed by atoms with Crippen molar-refractivity contribution in [2.75, 3.05) is 5.32 Å². The average molecular weight is 357 g/mol. The number of hydrogen-bond acceptors (Lipinski definition) is 4. The number of aromatic nitrogens is 1. The van der Waals surface area contributed by atoms with Gasteiger partial charge in [0, 0.05) is 11.3 Å². The minimum absolute atomic E-state index is 0.138. The molecule has 0 radical (unpaired) electrons. The van der Waals surface area contributed by atoms with E-state index >= 15 is 0 Å². The van der Waals surface area contributed by atoms with Crippen LogP contribution >= 0.6 is 0 Å². The summed E-state index contributed by atoms with van der Waals surface area (Å²) in [5.41, 5.74) is 2.58.